The van der Waals surface area contributed by atoms with Gasteiger partial charge in [0.25, 0.3) is 0 Å². The maximum Gasteiger partial charge on any atom is 0.243 e. The van der Waals surface area contributed by atoms with Crippen LogP contribution in [0.25, 0.3) is 0 Å². The summed E-state index contributed by atoms with van der Waals surface area (Å²) in [6.07, 6.45) is 2.01. The third kappa shape index (κ3) is 2.02. The van der Waals surface area contributed by atoms with Crippen molar-refractivity contribution in [2.45, 2.75) is 36.6 Å². The van der Waals surface area contributed by atoms with Crippen molar-refractivity contribution in [3.63, 3.8) is 0 Å². The summed E-state index contributed by atoms with van der Waals surface area (Å²) < 4.78 is 27.8. The monoisotopic (exact) mass is 313 g/mol. The van der Waals surface area contributed by atoms with Gasteiger partial charge in [-0.05, 0) is 48.9 Å². The fraction of sp³-hybridized carbons (Fsp3) is 0.333. The Balaban J connectivity index is 1.77. The first-order valence-electron chi connectivity index (χ1n) is 7.75. The molecular weight excluding hydrogens is 294 g/mol. The number of piperidine rings is 1. The number of hydrogen-bond acceptors (Lipinski definition) is 2. The van der Waals surface area contributed by atoms with Gasteiger partial charge in [0.1, 0.15) is 0 Å². The van der Waals surface area contributed by atoms with Gasteiger partial charge in [-0.1, -0.05) is 42.0 Å². The van der Waals surface area contributed by atoms with Crippen LogP contribution < -0.4 is 0 Å². The second kappa shape index (κ2) is 4.93. The molecule has 4 heteroatoms. The van der Waals surface area contributed by atoms with Gasteiger partial charge in [-0.15, -0.1) is 0 Å². The van der Waals surface area contributed by atoms with Crippen molar-refractivity contribution < 1.29 is 8.42 Å². The summed E-state index contributed by atoms with van der Waals surface area (Å²) in [5.41, 5.74) is 3.61. The molecule has 0 N–H and O–H groups in total. The Morgan fingerprint density at radius 2 is 1.64 bits per heavy atom. The van der Waals surface area contributed by atoms with Crippen LogP contribution in [-0.4, -0.2) is 19.3 Å². The van der Waals surface area contributed by atoms with Gasteiger partial charge < -0.3 is 0 Å². The van der Waals surface area contributed by atoms with Gasteiger partial charge in [0.2, 0.25) is 10.0 Å². The number of rotatable bonds is 2. The van der Waals surface area contributed by atoms with Gasteiger partial charge in [0.15, 0.2) is 0 Å². The molecule has 0 unspecified atom stereocenters. The van der Waals surface area contributed by atoms with E-state index in [1.807, 2.05) is 25.1 Å². The Morgan fingerprint density at radius 1 is 0.955 bits per heavy atom. The highest BCUT2D eigenvalue weighted by Crippen LogP contribution is 2.48. The highest BCUT2D eigenvalue weighted by Gasteiger charge is 2.43. The molecule has 2 aliphatic heterocycles. The summed E-state index contributed by atoms with van der Waals surface area (Å²) in [6.45, 7) is 2.58. The molecule has 2 bridgehead atoms. The number of fused-ring (bicyclic) bond motifs is 2. The summed E-state index contributed by atoms with van der Waals surface area (Å²) >= 11 is 0. The topological polar surface area (TPSA) is 37.4 Å². The van der Waals surface area contributed by atoms with Crippen LogP contribution in [0.3, 0.4) is 0 Å². The lowest BCUT2D eigenvalue weighted by Gasteiger charge is -2.45. The van der Waals surface area contributed by atoms with Gasteiger partial charge in [-0.3, -0.25) is 0 Å². The minimum absolute atomic E-state index is 0.00694. The van der Waals surface area contributed by atoms with Crippen LogP contribution in [-0.2, 0) is 10.0 Å². The van der Waals surface area contributed by atoms with E-state index in [0.29, 0.717) is 17.4 Å². The highest BCUT2D eigenvalue weighted by molar-refractivity contribution is 7.89. The smallest absolute Gasteiger partial charge is 0.207 e. The highest BCUT2D eigenvalue weighted by atomic mass is 32.2. The molecule has 0 radical (unpaired) electrons. The van der Waals surface area contributed by atoms with E-state index in [1.54, 1.807) is 16.4 Å². The van der Waals surface area contributed by atoms with Crippen LogP contribution in [0.2, 0.25) is 0 Å². The largest absolute Gasteiger partial charge is 0.243 e. The number of sulfonamides is 1. The van der Waals surface area contributed by atoms with E-state index < -0.39 is 10.0 Å². The molecule has 3 aliphatic rings. The van der Waals surface area contributed by atoms with Crippen molar-refractivity contribution in [3.8, 4) is 0 Å². The van der Waals surface area contributed by atoms with Crippen molar-refractivity contribution in [3.05, 3.63) is 65.2 Å². The van der Waals surface area contributed by atoms with Crippen LogP contribution in [0.15, 0.2) is 53.4 Å². The number of hydrogen-bond donors (Lipinski definition) is 0. The van der Waals surface area contributed by atoms with Gasteiger partial charge in [-0.2, -0.15) is 4.31 Å². The molecule has 0 saturated carbocycles. The number of aryl methyl sites for hydroxylation is 1. The van der Waals surface area contributed by atoms with Crippen molar-refractivity contribution in [1.82, 2.24) is 4.31 Å². The van der Waals surface area contributed by atoms with Crippen LogP contribution in [0.4, 0.5) is 0 Å². The lowest BCUT2D eigenvalue weighted by atomic mass is 9.76. The lowest BCUT2D eigenvalue weighted by Crippen LogP contribution is -2.45. The first kappa shape index (κ1) is 14.0. The Labute approximate surface area is 131 Å². The molecule has 2 aromatic rings. The molecule has 1 fully saturated rings. The molecule has 22 heavy (non-hydrogen) atoms. The molecule has 1 aliphatic carbocycles. The molecule has 3 nitrogen and oxygen atoms in total. The molecule has 2 heterocycles. The van der Waals surface area contributed by atoms with E-state index in [1.165, 1.54) is 11.1 Å². The molecule has 0 aromatic heterocycles. The Kier molecular flexibility index (Phi) is 3.13. The average molecular weight is 313 g/mol. The van der Waals surface area contributed by atoms with Crippen LogP contribution in [0, 0.1) is 6.92 Å². The van der Waals surface area contributed by atoms with E-state index in [-0.39, 0.29) is 6.04 Å². The molecular formula is C18H19NO2S. The lowest BCUT2D eigenvalue weighted by molar-refractivity contribution is 0.207. The molecule has 5 rings (SSSR count). The third-order valence-corrected chi connectivity index (χ3v) is 6.85. The SMILES string of the molecule is Cc1ccc(S(=O)(=O)N2C[C@H]3CC[C@@H]2c2ccccc23)cc1. The molecule has 2 atom stereocenters. The van der Waals surface area contributed by atoms with E-state index in [4.69, 9.17) is 0 Å². The van der Waals surface area contributed by atoms with Crippen molar-refractivity contribution in [1.29, 1.82) is 0 Å². The zero-order valence-corrected chi connectivity index (χ0v) is 13.4. The summed E-state index contributed by atoms with van der Waals surface area (Å²) in [5.74, 6) is 0.335. The molecule has 1 saturated heterocycles. The first-order chi connectivity index (χ1) is 10.6. The fourth-order valence-corrected chi connectivity index (χ4v) is 5.48. The predicted molar refractivity (Wildman–Crippen MR) is 86.2 cm³/mol. The summed E-state index contributed by atoms with van der Waals surface area (Å²) in [6, 6.07) is 15.5. The maximum absolute atomic E-state index is 13.0. The van der Waals surface area contributed by atoms with Gasteiger partial charge in [0, 0.05) is 6.54 Å². The zero-order valence-electron chi connectivity index (χ0n) is 12.6. The number of nitrogens with zero attached hydrogens (tertiary/aromatic N) is 1. The Bertz CT molecular complexity index is 811. The third-order valence-electron chi connectivity index (χ3n) is 4.96. The van der Waals surface area contributed by atoms with Crippen LogP contribution in [0.1, 0.15) is 41.5 Å². The van der Waals surface area contributed by atoms with E-state index in [9.17, 15) is 8.42 Å². The Hall–Kier alpha value is -1.65. The number of benzene rings is 2. The van der Waals surface area contributed by atoms with Crippen molar-refractivity contribution >= 4 is 10.0 Å². The van der Waals surface area contributed by atoms with Crippen LogP contribution in [0.5, 0.6) is 0 Å². The van der Waals surface area contributed by atoms with Crippen molar-refractivity contribution in [2.75, 3.05) is 6.54 Å². The Morgan fingerprint density at radius 3 is 2.36 bits per heavy atom. The summed E-state index contributed by atoms with van der Waals surface area (Å²) in [4.78, 5) is 0.406. The summed E-state index contributed by atoms with van der Waals surface area (Å²) in [7, 11) is -3.42. The first-order valence-corrected chi connectivity index (χ1v) is 9.19. The maximum atomic E-state index is 13.0. The molecule has 2 aromatic carbocycles. The van der Waals surface area contributed by atoms with Crippen molar-refractivity contribution in [2.24, 2.45) is 0 Å². The predicted octanol–water partition coefficient (Wildman–Crippen LogP) is 3.62. The average Bonchev–Trinajstić information content (AvgIpc) is 2.56. The zero-order chi connectivity index (χ0) is 15.3. The molecule has 114 valence electrons. The quantitative estimate of drug-likeness (QED) is 0.849. The summed E-state index contributed by atoms with van der Waals surface area (Å²) in [5, 5.41) is 0. The van der Waals surface area contributed by atoms with Crippen LogP contribution >= 0.6 is 0 Å². The molecule has 0 spiro atoms. The van der Waals surface area contributed by atoms with Gasteiger partial charge in [0.05, 0.1) is 10.9 Å². The standard InChI is InChI=1S/C18H19NO2S/c1-13-6-9-15(10-7-13)22(20,21)19-12-14-8-11-18(19)17-5-3-2-4-16(14)17/h2-7,9-10,14,18H,8,11-12H2,1H3/t14-,18-/m1/s1. The molecule has 0 amide bonds. The minimum atomic E-state index is -3.42. The second-order valence-electron chi connectivity index (χ2n) is 6.31. The second-order valence-corrected chi connectivity index (χ2v) is 8.20. The van der Waals surface area contributed by atoms with E-state index in [0.717, 1.165) is 18.4 Å². The van der Waals surface area contributed by atoms with E-state index in [2.05, 4.69) is 18.2 Å². The normalized spacial score (nSPS) is 24.2. The van der Waals surface area contributed by atoms with Gasteiger partial charge >= 0.3 is 0 Å². The fourth-order valence-electron chi connectivity index (χ4n) is 3.80. The van der Waals surface area contributed by atoms with E-state index >= 15 is 0 Å². The van der Waals surface area contributed by atoms with Gasteiger partial charge in [-0.25, -0.2) is 8.42 Å². The minimum Gasteiger partial charge on any atom is -0.207 e.